The summed E-state index contributed by atoms with van der Waals surface area (Å²) < 4.78 is 28.1. The number of piperidine rings is 1. The van der Waals surface area contributed by atoms with E-state index in [9.17, 15) is 8.42 Å². The molecule has 0 unspecified atom stereocenters. The number of nitrogens with two attached hydrogens (primary N) is 1. The lowest BCUT2D eigenvalue weighted by molar-refractivity contribution is 0.259. The van der Waals surface area contributed by atoms with Crippen LogP contribution in [-0.4, -0.2) is 41.3 Å². The van der Waals surface area contributed by atoms with Gasteiger partial charge in [-0.1, -0.05) is 20.8 Å². The lowest BCUT2D eigenvalue weighted by Crippen LogP contribution is -2.42. The van der Waals surface area contributed by atoms with E-state index in [4.69, 9.17) is 5.73 Å². The van der Waals surface area contributed by atoms with Crippen molar-refractivity contribution in [2.75, 3.05) is 24.6 Å². The molecule has 1 saturated heterocycles. The monoisotopic (exact) mass is 300 g/mol. The molecule has 2 heterocycles. The van der Waals surface area contributed by atoms with Gasteiger partial charge < -0.3 is 5.73 Å². The second kappa shape index (κ2) is 5.37. The first-order valence-electron chi connectivity index (χ1n) is 6.96. The maximum absolute atomic E-state index is 12.3. The molecular weight excluding hydrogens is 276 g/mol. The van der Waals surface area contributed by atoms with Gasteiger partial charge in [-0.05, 0) is 24.3 Å². The minimum atomic E-state index is -3.16. The van der Waals surface area contributed by atoms with Gasteiger partial charge in [0.15, 0.2) is 0 Å². The van der Waals surface area contributed by atoms with E-state index >= 15 is 0 Å². The molecule has 2 rings (SSSR count). The van der Waals surface area contributed by atoms with Crippen LogP contribution in [0.2, 0.25) is 0 Å². The lowest BCUT2D eigenvalue weighted by atomic mass is 10.0. The molecule has 0 aromatic carbocycles. The normalized spacial score (nSPS) is 19.4. The van der Waals surface area contributed by atoms with Crippen molar-refractivity contribution in [3.8, 4) is 0 Å². The fraction of sp³-hybridized carbons (Fsp3) is 0.769. The van der Waals surface area contributed by atoms with Crippen LogP contribution in [0.5, 0.6) is 0 Å². The zero-order valence-electron chi connectivity index (χ0n) is 12.4. The predicted octanol–water partition coefficient (Wildman–Crippen LogP) is 1.48. The third-order valence-electron chi connectivity index (χ3n) is 3.44. The Kier molecular flexibility index (Phi) is 4.11. The van der Waals surface area contributed by atoms with Crippen molar-refractivity contribution in [2.24, 2.45) is 5.41 Å². The first kappa shape index (κ1) is 15.3. The van der Waals surface area contributed by atoms with Crippen molar-refractivity contribution in [3.05, 3.63) is 12.3 Å². The second-order valence-corrected chi connectivity index (χ2v) is 8.64. The highest BCUT2D eigenvalue weighted by molar-refractivity contribution is 7.89. The summed E-state index contributed by atoms with van der Waals surface area (Å²) in [6.07, 6.45) is 3.42. The van der Waals surface area contributed by atoms with Gasteiger partial charge in [-0.3, -0.25) is 4.68 Å². The zero-order valence-corrected chi connectivity index (χ0v) is 13.2. The summed E-state index contributed by atoms with van der Waals surface area (Å²) in [4.78, 5) is 0. The minimum Gasteiger partial charge on any atom is -0.382 e. The first-order chi connectivity index (χ1) is 9.17. The van der Waals surface area contributed by atoms with E-state index < -0.39 is 10.0 Å². The molecule has 6 nitrogen and oxygen atoms in total. The topological polar surface area (TPSA) is 81.2 Å². The molecule has 2 N–H and O–H groups in total. The summed E-state index contributed by atoms with van der Waals surface area (Å²) in [5.74, 6) is 0.701. The molecule has 0 saturated carbocycles. The highest BCUT2D eigenvalue weighted by Gasteiger charge is 2.31. The summed E-state index contributed by atoms with van der Waals surface area (Å²) in [6, 6.07) is 2.01. The van der Waals surface area contributed by atoms with Crippen LogP contribution in [0.15, 0.2) is 12.3 Å². The fourth-order valence-electron chi connectivity index (χ4n) is 2.58. The van der Waals surface area contributed by atoms with Crippen molar-refractivity contribution in [2.45, 2.75) is 39.7 Å². The van der Waals surface area contributed by atoms with Gasteiger partial charge in [0.25, 0.3) is 0 Å². The molecule has 0 atom stereocenters. The number of rotatable bonds is 3. The maximum Gasteiger partial charge on any atom is 0.214 e. The number of anilines is 1. The molecule has 0 aliphatic carbocycles. The highest BCUT2D eigenvalue weighted by Crippen LogP contribution is 2.26. The molecule has 1 fully saturated rings. The number of hydrogen-bond acceptors (Lipinski definition) is 4. The Hall–Kier alpha value is -1.08. The molecule has 1 aliphatic rings. The van der Waals surface area contributed by atoms with Gasteiger partial charge in [-0.25, -0.2) is 12.7 Å². The van der Waals surface area contributed by atoms with E-state index in [0.29, 0.717) is 18.9 Å². The average Bonchev–Trinajstić information content (AvgIpc) is 2.73. The Bertz CT molecular complexity index is 551. The van der Waals surface area contributed by atoms with Gasteiger partial charge in [0, 0.05) is 19.3 Å². The Morgan fingerprint density at radius 2 is 1.95 bits per heavy atom. The van der Waals surface area contributed by atoms with Crippen LogP contribution in [0.4, 0.5) is 5.82 Å². The molecule has 1 aliphatic heterocycles. The molecule has 20 heavy (non-hydrogen) atoms. The molecular formula is C13H24N4O2S. The van der Waals surface area contributed by atoms with Gasteiger partial charge in [-0.15, -0.1) is 0 Å². The van der Waals surface area contributed by atoms with Crippen LogP contribution >= 0.6 is 0 Å². The van der Waals surface area contributed by atoms with Crippen LogP contribution in [0.1, 0.15) is 39.7 Å². The van der Waals surface area contributed by atoms with Crippen LogP contribution < -0.4 is 5.73 Å². The maximum atomic E-state index is 12.3. The highest BCUT2D eigenvalue weighted by atomic mass is 32.2. The molecule has 1 aromatic rings. The van der Waals surface area contributed by atoms with Crippen molar-refractivity contribution in [1.29, 1.82) is 0 Å². The van der Waals surface area contributed by atoms with Gasteiger partial charge in [-0.2, -0.15) is 5.10 Å². The third kappa shape index (κ3) is 3.73. The summed E-state index contributed by atoms with van der Waals surface area (Å²) in [6.45, 7) is 6.96. The molecule has 0 radical (unpaired) electrons. The Morgan fingerprint density at radius 3 is 2.40 bits per heavy atom. The number of nitrogen functional groups attached to an aromatic ring is 1. The SMILES string of the molecule is CC(C)(C)CS(=O)(=O)N1CCC(n2ccc(N)n2)CC1. The van der Waals surface area contributed by atoms with Gasteiger partial charge in [0.2, 0.25) is 10.0 Å². The molecule has 1 aromatic heterocycles. The van der Waals surface area contributed by atoms with Crippen molar-refractivity contribution < 1.29 is 8.42 Å². The van der Waals surface area contributed by atoms with Crippen LogP contribution in [0.25, 0.3) is 0 Å². The van der Waals surface area contributed by atoms with Crippen molar-refractivity contribution >= 4 is 15.8 Å². The summed E-state index contributed by atoms with van der Waals surface area (Å²) in [5, 5.41) is 4.21. The molecule has 0 spiro atoms. The summed E-state index contributed by atoms with van der Waals surface area (Å²) in [7, 11) is -3.16. The van der Waals surface area contributed by atoms with E-state index in [1.54, 1.807) is 10.4 Å². The number of aromatic nitrogens is 2. The number of sulfonamides is 1. The van der Waals surface area contributed by atoms with Crippen LogP contribution in [-0.2, 0) is 10.0 Å². The molecule has 7 heteroatoms. The number of hydrogen-bond donors (Lipinski definition) is 1. The second-order valence-electron chi connectivity index (χ2n) is 6.67. The molecule has 0 amide bonds. The van der Waals surface area contributed by atoms with Gasteiger partial charge >= 0.3 is 0 Å². The first-order valence-corrected chi connectivity index (χ1v) is 8.57. The summed E-state index contributed by atoms with van der Waals surface area (Å²) >= 11 is 0. The zero-order chi connectivity index (χ0) is 15.0. The predicted molar refractivity (Wildman–Crippen MR) is 79.7 cm³/mol. The van der Waals surface area contributed by atoms with Gasteiger partial charge in [0.05, 0.1) is 11.8 Å². The Morgan fingerprint density at radius 1 is 1.35 bits per heavy atom. The minimum absolute atomic E-state index is 0.194. The van der Waals surface area contributed by atoms with Gasteiger partial charge in [0.1, 0.15) is 5.82 Å². The quantitative estimate of drug-likeness (QED) is 0.916. The Balaban J connectivity index is 1.97. The van der Waals surface area contributed by atoms with Crippen molar-refractivity contribution in [3.63, 3.8) is 0 Å². The standard InChI is InChI=1S/C13H24N4O2S/c1-13(2,3)10-20(18,19)16-7-4-11(5-8-16)17-9-6-12(14)15-17/h6,9,11H,4-5,7-8,10H2,1-3H3,(H2,14,15). The average molecular weight is 300 g/mol. The van der Waals surface area contributed by atoms with E-state index in [2.05, 4.69) is 5.10 Å². The van der Waals surface area contributed by atoms with E-state index in [1.165, 1.54) is 0 Å². The molecule has 114 valence electrons. The fourth-order valence-corrected chi connectivity index (χ4v) is 4.62. The third-order valence-corrected chi connectivity index (χ3v) is 5.82. The summed E-state index contributed by atoms with van der Waals surface area (Å²) in [5.41, 5.74) is 5.40. The van der Waals surface area contributed by atoms with Crippen LogP contribution in [0.3, 0.4) is 0 Å². The largest absolute Gasteiger partial charge is 0.382 e. The van der Waals surface area contributed by atoms with Crippen molar-refractivity contribution in [1.82, 2.24) is 14.1 Å². The van der Waals surface area contributed by atoms with E-state index in [0.717, 1.165) is 12.8 Å². The smallest absolute Gasteiger partial charge is 0.214 e. The number of nitrogens with zero attached hydrogens (tertiary/aromatic N) is 3. The van der Waals surface area contributed by atoms with E-state index in [1.807, 2.05) is 31.6 Å². The Labute approximate surface area is 121 Å². The molecule has 0 bridgehead atoms. The van der Waals surface area contributed by atoms with E-state index in [-0.39, 0.29) is 17.2 Å². The lowest BCUT2D eigenvalue weighted by Gasteiger charge is -2.33. The van der Waals surface area contributed by atoms with Crippen LogP contribution in [0, 0.1) is 5.41 Å².